The second kappa shape index (κ2) is 6.94. The van der Waals surface area contributed by atoms with E-state index in [1.165, 1.54) is 6.92 Å². The van der Waals surface area contributed by atoms with Crippen molar-refractivity contribution in [3.8, 4) is 0 Å². The maximum absolute atomic E-state index is 12.0. The minimum atomic E-state index is -4.37. The normalized spacial score (nSPS) is 17.2. The summed E-state index contributed by atoms with van der Waals surface area (Å²) < 4.78 is 40.6. The lowest BCUT2D eigenvalue weighted by Crippen LogP contribution is -2.55. The Kier molecular flexibility index (Phi) is 6.62. The van der Waals surface area contributed by atoms with Gasteiger partial charge in [-0.2, -0.15) is 13.2 Å². The number of ether oxygens (including phenoxy) is 1. The van der Waals surface area contributed by atoms with Crippen molar-refractivity contribution in [3.05, 3.63) is 0 Å². The van der Waals surface area contributed by atoms with Crippen LogP contribution in [-0.2, 0) is 9.53 Å². The van der Waals surface area contributed by atoms with Gasteiger partial charge in [-0.15, -0.1) is 0 Å². The summed E-state index contributed by atoms with van der Waals surface area (Å²) in [5, 5.41) is 2.94. The Hall–Kier alpha value is -0.820. The van der Waals surface area contributed by atoms with Crippen LogP contribution in [0.1, 0.15) is 33.6 Å². The smallest absolute Gasteiger partial charge is 0.369 e. The number of alkyl halides is 3. The number of carbonyl (C=O) groups is 1. The molecule has 0 aliphatic carbocycles. The third-order valence-corrected chi connectivity index (χ3v) is 2.54. The second-order valence-corrected chi connectivity index (χ2v) is 4.56. The van der Waals surface area contributed by atoms with Gasteiger partial charge in [-0.25, -0.2) is 0 Å². The summed E-state index contributed by atoms with van der Waals surface area (Å²) >= 11 is 0. The number of hydrogen-bond donors (Lipinski definition) is 2. The first kappa shape index (κ1) is 17.2. The number of halogens is 3. The first-order chi connectivity index (χ1) is 8.10. The number of rotatable bonds is 8. The fourth-order valence-electron chi connectivity index (χ4n) is 1.53. The van der Waals surface area contributed by atoms with E-state index in [4.69, 9.17) is 5.73 Å². The molecule has 18 heavy (non-hydrogen) atoms. The first-order valence-electron chi connectivity index (χ1n) is 5.84. The largest absolute Gasteiger partial charge is 0.411 e. The van der Waals surface area contributed by atoms with E-state index in [2.05, 4.69) is 10.1 Å². The van der Waals surface area contributed by atoms with Gasteiger partial charge in [-0.05, 0) is 26.8 Å². The van der Waals surface area contributed by atoms with Crippen LogP contribution in [0.25, 0.3) is 0 Å². The Morgan fingerprint density at radius 2 is 2.00 bits per heavy atom. The lowest BCUT2D eigenvalue weighted by molar-refractivity contribution is -0.185. The lowest BCUT2D eigenvalue weighted by atomic mass is 9.93. The number of nitrogens with one attached hydrogen (secondary N) is 1. The van der Waals surface area contributed by atoms with Gasteiger partial charge in [0, 0.05) is 6.42 Å². The molecule has 1 amide bonds. The summed E-state index contributed by atoms with van der Waals surface area (Å²) in [4.78, 5) is 11.3. The molecule has 0 rings (SSSR count). The molecule has 7 heteroatoms. The molecular formula is C11H21F3N2O2. The van der Waals surface area contributed by atoms with Gasteiger partial charge in [0.25, 0.3) is 0 Å². The summed E-state index contributed by atoms with van der Waals surface area (Å²) in [6.07, 6.45) is -4.19. The summed E-state index contributed by atoms with van der Waals surface area (Å²) in [7, 11) is 0. The predicted octanol–water partition coefficient (Wildman–Crippen LogP) is 1.59. The number of amides is 1. The van der Waals surface area contributed by atoms with Gasteiger partial charge in [0.1, 0.15) is 6.61 Å². The van der Waals surface area contributed by atoms with E-state index in [-0.39, 0.29) is 6.42 Å². The van der Waals surface area contributed by atoms with E-state index in [1.807, 2.05) is 6.92 Å². The van der Waals surface area contributed by atoms with Crippen molar-refractivity contribution in [1.29, 1.82) is 0 Å². The Morgan fingerprint density at radius 1 is 1.44 bits per heavy atom. The Labute approximate surface area is 105 Å². The Bertz CT molecular complexity index is 272. The van der Waals surface area contributed by atoms with E-state index >= 15 is 0 Å². The summed E-state index contributed by atoms with van der Waals surface area (Å²) in [6, 6.07) is 0. The maximum Gasteiger partial charge on any atom is 0.411 e. The third-order valence-electron chi connectivity index (χ3n) is 2.54. The molecule has 4 nitrogen and oxygen atoms in total. The zero-order chi connectivity index (χ0) is 14.4. The molecule has 0 aliphatic heterocycles. The molecule has 0 aliphatic rings. The zero-order valence-corrected chi connectivity index (χ0v) is 10.9. The average Bonchev–Trinajstić information content (AvgIpc) is 2.22. The van der Waals surface area contributed by atoms with Crippen LogP contribution in [0.15, 0.2) is 0 Å². The van der Waals surface area contributed by atoms with Crippen LogP contribution in [0.4, 0.5) is 13.2 Å². The molecule has 0 saturated heterocycles. The van der Waals surface area contributed by atoms with Crippen molar-refractivity contribution >= 4 is 5.91 Å². The SMILES string of the molecule is CCCNC(C)(CC(C)OCC(F)(F)F)C(N)=O. The molecule has 0 aromatic rings. The Morgan fingerprint density at radius 3 is 2.39 bits per heavy atom. The highest BCUT2D eigenvalue weighted by molar-refractivity contribution is 5.84. The monoisotopic (exact) mass is 270 g/mol. The summed E-state index contributed by atoms with van der Waals surface area (Å²) in [5.41, 5.74) is 4.21. The molecule has 2 unspecified atom stereocenters. The molecule has 2 atom stereocenters. The van der Waals surface area contributed by atoms with Crippen LogP contribution in [0, 0.1) is 0 Å². The average molecular weight is 270 g/mol. The summed E-state index contributed by atoms with van der Waals surface area (Å²) in [6.45, 7) is 4.21. The van der Waals surface area contributed by atoms with Crippen LogP contribution in [0.5, 0.6) is 0 Å². The molecule has 0 bridgehead atoms. The molecule has 0 fully saturated rings. The molecule has 108 valence electrons. The van der Waals surface area contributed by atoms with Gasteiger partial charge in [0.2, 0.25) is 5.91 Å². The standard InChI is InChI=1S/C11H21F3N2O2/c1-4-5-16-10(3,9(15)17)6-8(2)18-7-11(12,13)14/h8,16H,4-7H2,1-3H3,(H2,15,17). The molecule has 0 spiro atoms. The number of carbonyl (C=O) groups excluding carboxylic acids is 1. The summed E-state index contributed by atoms with van der Waals surface area (Å²) in [5.74, 6) is -0.599. The quantitative estimate of drug-likeness (QED) is 0.704. The molecular weight excluding hydrogens is 249 g/mol. The van der Waals surface area contributed by atoms with Gasteiger partial charge in [-0.1, -0.05) is 6.92 Å². The highest BCUT2D eigenvalue weighted by Gasteiger charge is 2.34. The minimum absolute atomic E-state index is 0.0956. The first-order valence-corrected chi connectivity index (χ1v) is 5.84. The van der Waals surface area contributed by atoms with E-state index in [1.54, 1.807) is 6.92 Å². The minimum Gasteiger partial charge on any atom is -0.369 e. The van der Waals surface area contributed by atoms with Crippen molar-refractivity contribution in [2.24, 2.45) is 5.73 Å². The van der Waals surface area contributed by atoms with Crippen LogP contribution in [-0.4, -0.2) is 36.9 Å². The molecule has 0 aromatic carbocycles. The number of hydrogen-bond acceptors (Lipinski definition) is 3. The van der Waals surface area contributed by atoms with Crippen molar-refractivity contribution in [3.63, 3.8) is 0 Å². The van der Waals surface area contributed by atoms with E-state index in [0.29, 0.717) is 6.54 Å². The molecule has 0 radical (unpaired) electrons. The van der Waals surface area contributed by atoms with E-state index in [0.717, 1.165) is 6.42 Å². The van der Waals surface area contributed by atoms with Crippen LogP contribution >= 0.6 is 0 Å². The van der Waals surface area contributed by atoms with Gasteiger partial charge < -0.3 is 15.8 Å². The lowest BCUT2D eigenvalue weighted by Gasteiger charge is -2.30. The van der Waals surface area contributed by atoms with Crippen LogP contribution in [0.3, 0.4) is 0 Å². The van der Waals surface area contributed by atoms with Gasteiger partial charge in [-0.3, -0.25) is 4.79 Å². The van der Waals surface area contributed by atoms with Crippen LogP contribution in [0.2, 0.25) is 0 Å². The van der Waals surface area contributed by atoms with Crippen molar-refractivity contribution in [2.75, 3.05) is 13.2 Å². The third kappa shape index (κ3) is 6.80. The fraction of sp³-hybridized carbons (Fsp3) is 0.909. The second-order valence-electron chi connectivity index (χ2n) is 4.56. The molecule has 3 N–H and O–H groups in total. The number of primary amides is 1. The predicted molar refractivity (Wildman–Crippen MR) is 62.0 cm³/mol. The molecule has 0 heterocycles. The molecule has 0 saturated carbocycles. The maximum atomic E-state index is 12.0. The highest BCUT2D eigenvalue weighted by atomic mass is 19.4. The van der Waals surface area contributed by atoms with Crippen molar-refractivity contribution in [2.45, 2.75) is 51.4 Å². The van der Waals surface area contributed by atoms with Crippen molar-refractivity contribution in [1.82, 2.24) is 5.32 Å². The highest BCUT2D eigenvalue weighted by Crippen LogP contribution is 2.19. The van der Waals surface area contributed by atoms with Gasteiger partial charge >= 0.3 is 6.18 Å². The molecule has 0 aromatic heterocycles. The van der Waals surface area contributed by atoms with E-state index < -0.39 is 30.3 Å². The van der Waals surface area contributed by atoms with Gasteiger partial charge in [0.15, 0.2) is 0 Å². The zero-order valence-electron chi connectivity index (χ0n) is 10.9. The topological polar surface area (TPSA) is 64.3 Å². The van der Waals surface area contributed by atoms with Crippen molar-refractivity contribution < 1.29 is 22.7 Å². The fourth-order valence-corrected chi connectivity index (χ4v) is 1.53. The van der Waals surface area contributed by atoms with Gasteiger partial charge in [0.05, 0.1) is 11.6 Å². The number of nitrogens with two attached hydrogens (primary N) is 1. The van der Waals surface area contributed by atoms with E-state index in [9.17, 15) is 18.0 Å². The Balaban J connectivity index is 4.36. The van der Waals surface area contributed by atoms with Crippen LogP contribution < -0.4 is 11.1 Å².